The molecule has 116 valence electrons. The van der Waals surface area contributed by atoms with E-state index in [4.69, 9.17) is 10.2 Å². The molecule has 0 aromatic rings. The van der Waals surface area contributed by atoms with Crippen molar-refractivity contribution < 1.29 is 15.0 Å². The fourth-order valence-corrected chi connectivity index (χ4v) is 1.94. The van der Waals surface area contributed by atoms with Crippen molar-refractivity contribution in [2.75, 3.05) is 6.61 Å². The maximum atomic E-state index is 10.3. The van der Waals surface area contributed by atoms with Gasteiger partial charge < -0.3 is 10.2 Å². The summed E-state index contributed by atoms with van der Waals surface area (Å²) in [5, 5.41) is 16.0. The number of hydrogen-bond acceptors (Lipinski definition) is 2. The van der Waals surface area contributed by atoms with Crippen LogP contribution in [0.2, 0.25) is 0 Å². The first-order chi connectivity index (χ1) is 9.18. The first kappa shape index (κ1) is 20.7. The fraction of sp³-hybridized carbons (Fsp3) is 0.938. The summed E-state index contributed by atoms with van der Waals surface area (Å²) in [6.45, 7) is 4.18. The Kier molecular flexibility index (Phi) is 21.6. The van der Waals surface area contributed by atoms with Gasteiger partial charge in [-0.1, -0.05) is 71.1 Å². The Bertz CT molecular complexity index is 169. The lowest BCUT2D eigenvalue weighted by molar-refractivity contribution is -0.137. The van der Waals surface area contributed by atoms with Gasteiger partial charge in [0.25, 0.3) is 0 Å². The molecule has 2 N–H and O–H groups in total. The molecule has 0 saturated heterocycles. The van der Waals surface area contributed by atoms with Crippen molar-refractivity contribution in [3.05, 3.63) is 0 Å². The molecule has 0 aliphatic rings. The second-order valence-corrected chi connectivity index (χ2v) is 5.00. The summed E-state index contributed by atoms with van der Waals surface area (Å²) in [6, 6.07) is 0. The van der Waals surface area contributed by atoms with Crippen molar-refractivity contribution in [3.63, 3.8) is 0 Å². The van der Waals surface area contributed by atoms with Gasteiger partial charge in [-0.3, -0.25) is 4.79 Å². The first-order valence-electron chi connectivity index (χ1n) is 8.01. The van der Waals surface area contributed by atoms with Gasteiger partial charge in [-0.15, -0.1) is 0 Å². The number of hydrogen-bond donors (Lipinski definition) is 2. The molecule has 0 spiro atoms. The number of carbonyl (C=O) groups is 1. The summed E-state index contributed by atoms with van der Waals surface area (Å²) in [4.78, 5) is 10.3. The zero-order valence-electron chi connectivity index (χ0n) is 13.0. The summed E-state index contributed by atoms with van der Waals surface area (Å²) >= 11 is 0. The summed E-state index contributed by atoms with van der Waals surface area (Å²) in [7, 11) is 0. The standard InChI is InChI=1S/C14H28O2.C2H6O/c1-2-3-4-5-6-7-8-9-10-11-12-13-14(15)16;1-2-3/h2-13H2,1H3,(H,15,16);3H,2H2,1H3. The van der Waals surface area contributed by atoms with Gasteiger partial charge in [-0.2, -0.15) is 0 Å². The lowest BCUT2D eigenvalue weighted by atomic mass is 10.1. The molecule has 0 amide bonds. The van der Waals surface area contributed by atoms with Crippen LogP contribution in [0.3, 0.4) is 0 Å². The topological polar surface area (TPSA) is 57.5 Å². The number of carboxylic acid groups (broad SMARTS) is 1. The third kappa shape index (κ3) is 26.9. The lowest BCUT2D eigenvalue weighted by Crippen LogP contribution is -1.93. The Morgan fingerprint density at radius 3 is 1.37 bits per heavy atom. The fourth-order valence-electron chi connectivity index (χ4n) is 1.94. The Balaban J connectivity index is 0. The third-order valence-electron chi connectivity index (χ3n) is 2.99. The third-order valence-corrected chi connectivity index (χ3v) is 2.99. The molecule has 0 bridgehead atoms. The molecule has 0 heterocycles. The summed E-state index contributed by atoms with van der Waals surface area (Å²) in [5.41, 5.74) is 0. The highest BCUT2D eigenvalue weighted by Crippen LogP contribution is 2.11. The van der Waals surface area contributed by atoms with E-state index in [1.165, 1.54) is 57.8 Å². The maximum absolute atomic E-state index is 10.3. The monoisotopic (exact) mass is 274 g/mol. The van der Waals surface area contributed by atoms with E-state index >= 15 is 0 Å². The van der Waals surface area contributed by atoms with Crippen LogP contribution in [0.25, 0.3) is 0 Å². The molecule has 0 radical (unpaired) electrons. The van der Waals surface area contributed by atoms with Crippen molar-refractivity contribution in [3.8, 4) is 0 Å². The Morgan fingerprint density at radius 1 is 0.737 bits per heavy atom. The molecule has 19 heavy (non-hydrogen) atoms. The number of aliphatic hydroxyl groups is 1. The Hall–Kier alpha value is -0.570. The number of rotatable bonds is 12. The molecular formula is C16H34O3. The molecule has 0 aliphatic carbocycles. The number of unbranched alkanes of at least 4 members (excludes halogenated alkanes) is 10. The normalized spacial score (nSPS) is 9.84. The molecule has 0 rings (SSSR count). The van der Waals surface area contributed by atoms with Crippen LogP contribution in [-0.4, -0.2) is 22.8 Å². The van der Waals surface area contributed by atoms with Crippen LogP contribution in [0.1, 0.15) is 90.9 Å². The van der Waals surface area contributed by atoms with E-state index in [0.29, 0.717) is 6.42 Å². The molecule has 0 fully saturated rings. The highest BCUT2D eigenvalue weighted by molar-refractivity contribution is 5.66. The van der Waals surface area contributed by atoms with Gasteiger partial charge in [-0.25, -0.2) is 0 Å². The highest BCUT2D eigenvalue weighted by Gasteiger charge is 1.96. The molecular weight excluding hydrogens is 240 g/mol. The second kappa shape index (κ2) is 19.8. The Labute approximate surface area is 119 Å². The van der Waals surface area contributed by atoms with Crippen molar-refractivity contribution in [2.24, 2.45) is 0 Å². The smallest absolute Gasteiger partial charge is 0.303 e. The SMILES string of the molecule is CCCCCCCCCCCCCC(=O)O.CCO. The summed E-state index contributed by atoms with van der Waals surface area (Å²) in [5.74, 6) is -0.657. The molecule has 0 aromatic heterocycles. The quantitative estimate of drug-likeness (QED) is 0.504. The zero-order chi connectivity index (χ0) is 14.8. The van der Waals surface area contributed by atoms with Crippen LogP contribution in [0.5, 0.6) is 0 Å². The van der Waals surface area contributed by atoms with E-state index < -0.39 is 5.97 Å². The van der Waals surface area contributed by atoms with Gasteiger partial charge in [0.2, 0.25) is 0 Å². The predicted octanol–water partition coefficient (Wildman–Crippen LogP) is 4.77. The summed E-state index contributed by atoms with van der Waals surface area (Å²) < 4.78 is 0. The predicted molar refractivity (Wildman–Crippen MR) is 81.5 cm³/mol. The van der Waals surface area contributed by atoms with E-state index in [-0.39, 0.29) is 6.61 Å². The van der Waals surface area contributed by atoms with Gasteiger partial charge >= 0.3 is 5.97 Å². The average molecular weight is 274 g/mol. The van der Waals surface area contributed by atoms with Crippen LogP contribution in [0, 0.1) is 0 Å². The lowest BCUT2D eigenvalue weighted by Gasteiger charge is -2.01. The van der Waals surface area contributed by atoms with E-state index in [1.54, 1.807) is 6.92 Å². The average Bonchev–Trinajstić information content (AvgIpc) is 2.36. The van der Waals surface area contributed by atoms with E-state index in [1.807, 2.05) is 0 Å². The minimum Gasteiger partial charge on any atom is -0.481 e. The van der Waals surface area contributed by atoms with Gasteiger partial charge in [-0.05, 0) is 13.3 Å². The largest absolute Gasteiger partial charge is 0.481 e. The number of carboxylic acids is 1. The minimum absolute atomic E-state index is 0.250. The molecule has 0 atom stereocenters. The summed E-state index contributed by atoms with van der Waals surface area (Å²) in [6.07, 6.45) is 14.4. The van der Waals surface area contributed by atoms with Crippen LogP contribution >= 0.6 is 0 Å². The van der Waals surface area contributed by atoms with E-state index in [2.05, 4.69) is 6.92 Å². The van der Waals surface area contributed by atoms with Crippen molar-refractivity contribution in [2.45, 2.75) is 90.9 Å². The van der Waals surface area contributed by atoms with Crippen LogP contribution < -0.4 is 0 Å². The highest BCUT2D eigenvalue weighted by atomic mass is 16.4. The minimum atomic E-state index is -0.657. The molecule has 3 heteroatoms. The van der Waals surface area contributed by atoms with Crippen molar-refractivity contribution in [1.29, 1.82) is 0 Å². The molecule has 0 aliphatic heterocycles. The maximum Gasteiger partial charge on any atom is 0.303 e. The second-order valence-electron chi connectivity index (χ2n) is 5.00. The van der Waals surface area contributed by atoms with Crippen LogP contribution in [0.4, 0.5) is 0 Å². The molecule has 0 saturated carbocycles. The van der Waals surface area contributed by atoms with Crippen molar-refractivity contribution in [1.82, 2.24) is 0 Å². The van der Waals surface area contributed by atoms with Gasteiger partial charge in [0.1, 0.15) is 0 Å². The van der Waals surface area contributed by atoms with Gasteiger partial charge in [0.05, 0.1) is 0 Å². The number of aliphatic carboxylic acids is 1. The zero-order valence-corrected chi connectivity index (χ0v) is 13.0. The molecule has 0 aromatic carbocycles. The Morgan fingerprint density at radius 2 is 1.05 bits per heavy atom. The first-order valence-corrected chi connectivity index (χ1v) is 8.01. The molecule has 3 nitrogen and oxygen atoms in total. The van der Waals surface area contributed by atoms with E-state index in [0.717, 1.165) is 12.8 Å². The van der Waals surface area contributed by atoms with Crippen molar-refractivity contribution >= 4 is 5.97 Å². The van der Waals surface area contributed by atoms with Gasteiger partial charge in [0.15, 0.2) is 0 Å². The number of aliphatic hydroxyl groups excluding tert-OH is 1. The molecule has 0 unspecified atom stereocenters. The van der Waals surface area contributed by atoms with Crippen LogP contribution in [-0.2, 0) is 4.79 Å². The van der Waals surface area contributed by atoms with E-state index in [9.17, 15) is 4.79 Å². The van der Waals surface area contributed by atoms with Gasteiger partial charge in [0, 0.05) is 13.0 Å². The van der Waals surface area contributed by atoms with Crippen LogP contribution in [0.15, 0.2) is 0 Å².